The van der Waals surface area contributed by atoms with Crippen LogP contribution in [0.1, 0.15) is 0 Å². The molecule has 10 nitrogen and oxygen atoms in total. The lowest BCUT2D eigenvalue weighted by molar-refractivity contribution is 0.440. The molecular weight excluding hydrogens is 286 g/mol. The van der Waals surface area contributed by atoms with Gasteiger partial charge in [0.2, 0.25) is 5.88 Å². The third-order valence-corrected chi connectivity index (χ3v) is 3.10. The van der Waals surface area contributed by atoms with Crippen molar-refractivity contribution in [2.75, 3.05) is 16.9 Å². The van der Waals surface area contributed by atoms with E-state index in [1.165, 1.54) is 4.79 Å². The number of rotatable bonds is 3. The van der Waals surface area contributed by atoms with E-state index in [9.17, 15) is 0 Å². The normalized spacial score (nSPS) is 11.1. The SMILES string of the molecule is Nc1cc(Nc2nccn3c(-c4cnn(N)c4)cnc23)no1. The van der Waals surface area contributed by atoms with Gasteiger partial charge in [0.15, 0.2) is 17.3 Å². The van der Waals surface area contributed by atoms with Crippen molar-refractivity contribution in [3.05, 3.63) is 37.1 Å². The first-order valence-corrected chi connectivity index (χ1v) is 6.32. The Kier molecular flexibility index (Phi) is 2.48. The van der Waals surface area contributed by atoms with Crippen LogP contribution in [0.3, 0.4) is 0 Å². The number of imidazole rings is 1. The minimum atomic E-state index is 0.217. The third kappa shape index (κ3) is 1.90. The number of hydrogen-bond acceptors (Lipinski definition) is 8. The van der Waals surface area contributed by atoms with E-state index >= 15 is 0 Å². The lowest BCUT2D eigenvalue weighted by Crippen LogP contribution is -2.07. The predicted octanol–water partition coefficient (Wildman–Crippen LogP) is 0.620. The number of nitrogen functional groups attached to an aromatic ring is 2. The summed E-state index contributed by atoms with van der Waals surface area (Å²) in [6.45, 7) is 0. The predicted molar refractivity (Wildman–Crippen MR) is 78.6 cm³/mol. The Morgan fingerprint density at radius 1 is 1.23 bits per heavy atom. The molecule has 0 amide bonds. The first-order chi connectivity index (χ1) is 10.7. The minimum absolute atomic E-state index is 0.217. The molecule has 0 radical (unpaired) electrons. The van der Waals surface area contributed by atoms with E-state index in [0.717, 1.165) is 11.3 Å². The minimum Gasteiger partial charge on any atom is -0.368 e. The summed E-state index contributed by atoms with van der Waals surface area (Å²) in [5.74, 6) is 6.79. The van der Waals surface area contributed by atoms with Crippen molar-refractivity contribution in [1.82, 2.24) is 29.4 Å². The van der Waals surface area contributed by atoms with Crippen molar-refractivity contribution in [1.29, 1.82) is 0 Å². The molecule has 10 heteroatoms. The molecule has 0 bridgehead atoms. The number of aromatic nitrogens is 6. The van der Waals surface area contributed by atoms with Crippen molar-refractivity contribution < 1.29 is 4.52 Å². The van der Waals surface area contributed by atoms with Crippen LogP contribution in [-0.2, 0) is 0 Å². The van der Waals surface area contributed by atoms with E-state index in [2.05, 4.69) is 25.5 Å². The van der Waals surface area contributed by atoms with Crippen LogP contribution in [0.25, 0.3) is 16.9 Å². The van der Waals surface area contributed by atoms with Gasteiger partial charge in [-0.3, -0.25) is 4.40 Å². The van der Waals surface area contributed by atoms with Crippen LogP contribution in [0.5, 0.6) is 0 Å². The van der Waals surface area contributed by atoms with Crippen molar-refractivity contribution in [3.63, 3.8) is 0 Å². The Hall–Kier alpha value is -3.56. The Bertz CT molecular complexity index is 950. The van der Waals surface area contributed by atoms with E-state index in [0.29, 0.717) is 17.3 Å². The molecule has 0 aliphatic heterocycles. The summed E-state index contributed by atoms with van der Waals surface area (Å²) in [5.41, 5.74) is 7.81. The van der Waals surface area contributed by atoms with Crippen LogP contribution in [0.2, 0.25) is 0 Å². The highest BCUT2D eigenvalue weighted by molar-refractivity contribution is 5.73. The maximum atomic E-state index is 5.58. The van der Waals surface area contributed by atoms with Crippen LogP contribution >= 0.6 is 0 Å². The van der Waals surface area contributed by atoms with E-state index in [1.807, 2.05) is 4.40 Å². The Morgan fingerprint density at radius 3 is 2.86 bits per heavy atom. The summed E-state index contributed by atoms with van der Waals surface area (Å²) in [6.07, 6.45) is 8.53. The summed E-state index contributed by atoms with van der Waals surface area (Å²) < 4.78 is 6.68. The molecule has 0 saturated carbocycles. The van der Waals surface area contributed by atoms with E-state index < -0.39 is 0 Å². The molecule has 0 spiro atoms. The summed E-state index contributed by atoms with van der Waals surface area (Å²) in [4.78, 5) is 9.88. The van der Waals surface area contributed by atoms with Crippen LogP contribution in [0, 0.1) is 0 Å². The van der Waals surface area contributed by atoms with Crippen LogP contribution in [0.15, 0.2) is 41.6 Å². The fourth-order valence-electron chi connectivity index (χ4n) is 2.16. The van der Waals surface area contributed by atoms with E-state index in [4.69, 9.17) is 16.1 Å². The van der Waals surface area contributed by atoms with E-state index in [1.54, 1.807) is 37.1 Å². The van der Waals surface area contributed by atoms with Gasteiger partial charge in [0.1, 0.15) is 0 Å². The monoisotopic (exact) mass is 297 g/mol. The molecule has 5 N–H and O–H groups in total. The maximum absolute atomic E-state index is 5.58. The number of nitrogens with zero attached hydrogens (tertiary/aromatic N) is 6. The standard InChI is InChI=1S/C12H11N9O/c13-9-3-10(19-22-9)18-11-12-16-5-8(20(12)2-1-15-11)7-4-17-21(14)6-7/h1-6H,13-14H2,(H,15,18,19). The largest absolute Gasteiger partial charge is 0.368 e. The van der Waals surface area contributed by atoms with E-state index in [-0.39, 0.29) is 5.88 Å². The molecule has 0 atom stereocenters. The quantitative estimate of drug-likeness (QED) is 0.468. The van der Waals surface area contributed by atoms with Gasteiger partial charge in [0.05, 0.1) is 24.3 Å². The fourth-order valence-corrected chi connectivity index (χ4v) is 2.16. The zero-order valence-electron chi connectivity index (χ0n) is 11.2. The van der Waals surface area contributed by atoms with Gasteiger partial charge in [-0.15, -0.1) is 0 Å². The summed E-state index contributed by atoms with van der Waals surface area (Å²) >= 11 is 0. The average molecular weight is 297 g/mol. The van der Waals surface area contributed by atoms with Crippen molar-refractivity contribution in [2.24, 2.45) is 0 Å². The molecule has 4 aromatic heterocycles. The second-order valence-electron chi connectivity index (χ2n) is 4.56. The summed E-state index contributed by atoms with van der Waals surface area (Å²) in [7, 11) is 0. The number of nitrogens with two attached hydrogens (primary N) is 2. The number of hydrogen-bond donors (Lipinski definition) is 3. The highest BCUT2D eigenvalue weighted by atomic mass is 16.5. The molecule has 4 aromatic rings. The molecular formula is C12H11N9O. The number of fused-ring (bicyclic) bond motifs is 1. The van der Waals surface area contributed by atoms with Gasteiger partial charge in [0, 0.05) is 24.0 Å². The summed E-state index contributed by atoms with van der Waals surface area (Å²) in [5, 5.41) is 10.7. The molecule has 110 valence electrons. The molecule has 0 aliphatic carbocycles. The number of nitrogens with one attached hydrogen (secondary N) is 1. The van der Waals surface area contributed by atoms with Gasteiger partial charge in [0.25, 0.3) is 0 Å². The maximum Gasteiger partial charge on any atom is 0.224 e. The second kappa shape index (κ2) is 4.48. The smallest absolute Gasteiger partial charge is 0.224 e. The first-order valence-electron chi connectivity index (χ1n) is 6.32. The molecule has 22 heavy (non-hydrogen) atoms. The molecule has 0 aliphatic rings. The Morgan fingerprint density at radius 2 is 2.14 bits per heavy atom. The molecule has 0 unspecified atom stereocenters. The topological polar surface area (TPSA) is 138 Å². The van der Waals surface area contributed by atoms with Crippen LogP contribution < -0.4 is 16.9 Å². The van der Waals surface area contributed by atoms with Crippen LogP contribution in [-0.4, -0.2) is 29.4 Å². The highest BCUT2D eigenvalue weighted by Crippen LogP contribution is 2.24. The van der Waals surface area contributed by atoms with Gasteiger partial charge in [-0.05, 0) is 0 Å². The lowest BCUT2D eigenvalue weighted by Gasteiger charge is -2.04. The van der Waals surface area contributed by atoms with Crippen molar-refractivity contribution in [2.45, 2.75) is 0 Å². The summed E-state index contributed by atoms with van der Waals surface area (Å²) in [6, 6.07) is 1.56. The van der Waals surface area contributed by atoms with Crippen molar-refractivity contribution in [3.8, 4) is 11.3 Å². The lowest BCUT2D eigenvalue weighted by atomic mass is 10.3. The third-order valence-electron chi connectivity index (χ3n) is 3.10. The van der Waals surface area contributed by atoms with Gasteiger partial charge in [-0.2, -0.15) is 9.89 Å². The first kappa shape index (κ1) is 12.2. The molecule has 0 aromatic carbocycles. The highest BCUT2D eigenvalue weighted by Gasteiger charge is 2.12. The van der Waals surface area contributed by atoms with Crippen LogP contribution in [0.4, 0.5) is 17.5 Å². The van der Waals surface area contributed by atoms with Gasteiger partial charge in [-0.1, -0.05) is 5.16 Å². The molecule has 0 fully saturated rings. The van der Waals surface area contributed by atoms with Gasteiger partial charge >= 0.3 is 0 Å². The Labute approximate surface area is 123 Å². The molecule has 0 saturated heterocycles. The Balaban J connectivity index is 1.79. The van der Waals surface area contributed by atoms with Gasteiger partial charge < -0.3 is 21.4 Å². The van der Waals surface area contributed by atoms with Gasteiger partial charge in [-0.25, -0.2) is 9.97 Å². The number of anilines is 3. The second-order valence-corrected chi connectivity index (χ2v) is 4.56. The molecule has 4 heterocycles. The fraction of sp³-hybridized carbons (Fsp3) is 0. The average Bonchev–Trinajstić information content (AvgIpc) is 3.19. The van der Waals surface area contributed by atoms with Crippen molar-refractivity contribution >= 4 is 23.2 Å². The zero-order chi connectivity index (χ0) is 15.1. The zero-order valence-corrected chi connectivity index (χ0v) is 11.2. The molecule has 4 rings (SSSR count).